The zero-order valence-electron chi connectivity index (χ0n) is 17.5. The fraction of sp³-hybridized carbons (Fsp3) is 0.727. The van der Waals surface area contributed by atoms with Crippen LogP contribution < -0.4 is 0 Å². The van der Waals surface area contributed by atoms with E-state index in [1.54, 1.807) is 0 Å². The zero-order chi connectivity index (χ0) is 19.7. The van der Waals surface area contributed by atoms with Crippen molar-refractivity contribution in [3.8, 4) is 0 Å². The Labute approximate surface area is 168 Å². The average molecular weight is 387 g/mol. The van der Waals surface area contributed by atoms with E-state index < -0.39 is 0 Å². The second kappa shape index (κ2) is 8.27. The molecule has 0 bridgehead atoms. The van der Waals surface area contributed by atoms with Crippen molar-refractivity contribution in [1.82, 2.24) is 19.3 Å². The Hall–Kier alpha value is -1.82. The van der Waals surface area contributed by atoms with Gasteiger partial charge in [0.25, 0.3) is 5.91 Å². The molecule has 28 heavy (non-hydrogen) atoms. The Balaban J connectivity index is 1.31. The van der Waals surface area contributed by atoms with Crippen molar-refractivity contribution in [1.29, 1.82) is 0 Å². The van der Waals surface area contributed by atoms with E-state index in [0.717, 1.165) is 50.3 Å². The predicted octanol–water partition coefficient (Wildman–Crippen LogP) is 2.60. The fourth-order valence-electron chi connectivity index (χ4n) is 4.78. The molecule has 2 saturated heterocycles. The Morgan fingerprint density at radius 3 is 2.14 bits per heavy atom. The monoisotopic (exact) mass is 386 g/mol. The quantitative estimate of drug-likeness (QED) is 0.799. The Morgan fingerprint density at radius 2 is 1.54 bits per heavy atom. The van der Waals surface area contributed by atoms with Crippen molar-refractivity contribution in [2.45, 2.75) is 58.4 Å². The van der Waals surface area contributed by atoms with Gasteiger partial charge in [0.15, 0.2) is 0 Å². The molecule has 1 aromatic rings. The number of carbonyl (C=O) groups excluding carboxylic acids is 2. The SMILES string of the molecule is Cc1cc(C(=O)N2CCN(CC(=O)N3CCCCCC3)CC2)c(C)n1C1CC1. The second-order valence-electron chi connectivity index (χ2n) is 8.75. The van der Waals surface area contributed by atoms with Crippen LogP contribution in [0.4, 0.5) is 0 Å². The number of piperazine rings is 1. The predicted molar refractivity (Wildman–Crippen MR) is 110 cm³/mol. The lowest BCUT2D eigenvalue weighted by Crippen LogP contribution is -2.51. The van der Waals surface area contributed by atoms with Crippen LogP contribution in [0.5, 0.6) is 0 Å². The van der Waals surface area contributed by atoms with Crippen LogP contribution in [0.2, 0.25) is 0 Å². The summed E-state index contributed by atoms with van der Waals surface area (Å²) in [7, 11) is 0. The third-order valence-corrected chi connectivity index (χ3v) is 6.60. The summed E-state index contributed by atoms with van der Waals surface area (Å²) in [5, 5.41) is 0. The van der Waals surface area contributed by atoms with E-state index in [9.17, 15) is 9.59 Å². The summed E-state index contributed by atoms with van der Waals surface area (Å²) in [5.41, 5.74) is 3.17. The topological polar surface area (TPSA) is 48.8 Å². The molecule has 2 aliphatic heterocycles. The van der Waals surface area contributed by atoms with Gasteiger partial charge in [-0.2, -0.15) is 0 Å². The van der Waals surface area contributed by atoms with Crippen LogP contribution in [0.3, 0.4) is 0 Å². The van der Waals surface area contributed by atoms with Gasteiger partial charge in [0, 0.05) is 56.7 Å². The first-order chi connectivity index (χ1) is 13.5. The first kappa shape index (κ1) is 19.5. The minimum Gasteiger partial charge on any atom is -0.345 e. The third-order valence-electron chi connectivity index (χ3n) is 6.60. The minimum atomic E-state index is 0.151. The number of amides is 2. The molecule has 1 aromatic heterocycles. The number of likely N-dealkylation sites (tertiary alicyclic amines) is 1. The van der Waals surface area contributed by atoms with E-state index in [1.807, 2.05) is 9.80 Å². The van der Waals surface area contributed by atoms with E-state index in [2.05, 4.69) is 29.4 Å². The van der Waals surface area contributed by atoms with Crippen LogP contribution in [0.25, 0.3) is 0 Å². The van der Waals surface area contributed by atoms with Crippen LogP contribution in [0.15, 0.2) is 6.07 Å². The maximum atomic E-state index is 13.1. The molecule has 1 saturated carbocycles. The molecule has 0 atom stereocenters. The van der Waals surface area contributed by atoms with Gasteiger partial charge in [-0.15, -0.1) is 0 Å². The molecule has 0 aromatic carbocycles. The summed E-state index contributed by atoms with van der Waals surface area (Å²) in [6.07, 6.45) is 7.21. The van der Waals surface area contributed by atoms with Gasteiger partial charge in [-0.3, -0.25) is 14.5 Å². The molecular weight excluding hydrogens is 352 g/mol. The molecule has 0 radical (unpaired) electrons. The van der Waals surface area contributed by atoms with Crippen LogP contribution >= 0.6 is 0 Å². The molecule has 0 spiro atoms. The Morgan fingerprint density at radius 1 is 0.893 bits per heavy atom. The maximum absolute atomic E-state index is 13.1. The molecule has 6 heteroatoms. The van der Waals surface area contributed by atoms with E-state index in [0.29, 0.717) is 25.7 Å². The molecule has 3 fully saturated rings. The first-order valence-electron chi connectivity index (χ1n) is 11.0. The van der Waals surface area contributed by atoms with Gasteiger partial charge in [-0.05, 0) is 45.6 Å². The van der Waals surface area contributed by atoms with Crippen LogP contribution in [-0.4, -0.2) is 76.9 Å². The normalized spacial score (nSPS) is 21.6. The summed E-state index contributed by atoms with van der Waals surface area (Å²) in [6, 6.07) is 2.66. The van der Waals surface area contributed by atoms with Crippen molar-refractivity contribution >= 4 is 11.8 Å². The highest BCUT2D eigenvalue weighted by atomic mass is 16.2. The number of aryl methyl sites for hydroxylation is 1. The number of nitrogens with zero attached hydrogens (tertiary/aromatic N) is 4. The van der Waals surface area contributed by atoms with E-state index in [1.165, 1.54) is 31.4 Å². The lowest BCUT2D eigenvalue weighted by molar-refractivity contribution is -0.132. The van der Waals surface area contributed by atoms with Crippen LogP contribution in [0, 0.1) is 13.8 Å². The van der Waals surface area contributed by atoms with E-state index in [-0.39, 0.29) is 11.8 Å². The minimum absolute atomic E-state index is 0.151. The van der Waals surface area contributed by atoms with Gasteiger partial charge < -0.3 is 14.4 Å². The van der Waals surface area contributed by atoms with Gasteiger partial charge in [0.1, 0.15) is 0 Å². The van der Waals surface area contributed by atoms with Gasteiger partial charge in [0.05, 0.1) is 12.1 Å². The lowest BCUT2D eigenvalue weighted by atomic mass is 10.2. The zero-order valence-corrected chi connectivity index (χ0v) is 17.5. The molecule has 0 N–H and O–H groups in total. The summed E-state index contributed by atoms with van der Waals surface area (Å²) >= 11 is 0. The van der Waals surface area contributed by atoms with Gasteiger partial charge in [0.2, 0.25) is 5.91 Å². The van der Waals surface area contributed by atoms with Crippen LogP contribution in [0.1, 0.15) is 66.3 Å². The Kier molecular flexibility index (Phi) is 5.76. The van der Waals surface area contributed by atoms with Gasteiger partial charge in [-0.25, -0.2) is 0 Å². The smallest absolute Gasteiger partial charge is 0.255 e. The Bertz CT molecular complexity index is 721. The molecule has 6 nitrogen and oxygen atoms in total. The molecule has 3 aliphatic rings. The molecular formula is C22H34N4O2. The molecule has 3 heterocycles. The number of rotatable bonds is 4. The highest BCUT2D eigenvalue weighted by molar-refractivity contribution is 5.95. The van der Waals surface area contributed by atoms with E-state index >= 15 is 0 Å². The van der Waals surface area contributed by atoms with Crippen molar-refractivity contribution in [2.24, 2.45) is 0 Å². The number of carbonyl (C=O) groups is 2. The van der Waals surface area contributed by atoms with Crippen molar-refractivity contribution in [3.63, 3.8) is 0 Å². The standard InChI is InChI=1S/C22H34N4O2/c1-17-15-20(18(2)26(17)19-7-8-19)22(28)25-13-11-23(12-14-25)16-21(27)24-9-5-3-4-6-10-24/h15,19H,3-14,16H2,1-2H3. The molecule has 1 aliphatic carbocycles. The number of hydrogen-bond donors (Lipinski definition) is 0. The molecule has 0 unspecified atom stereocenters. The van der Waals surface area contributed by atoms with Crippen LogP contribution in [-0.2, 0) is 4.79 Å². The molecule has 2 amide bonds. The van der Waals surface area contributed by atoms with E-state index in [4.69, 9.17) is 0 Å². The summed E-state index contributed by atoms with van der Waals surface area (Å²) < 4.78 is 2.34. The summed E-state index contributed by atoms with van der Waals surface area (Å²) in [4.78, 5) is 31.9. The average Bonchev–Trinajstić information content (AvgIpc) is 3.50. The van der Waals surface area contributed by atoms with Crippen molar-refractivity contribution in [3.05, 3.63) is 23.0 Å². The number of aromatic nitrogens is 1. The highest BCUT2D eigenvalue weighted by Gasteiger charge is 2.31. The van der Waals surface area contributed by atoms with Crippen molar-refractivity contribution < 1.29 is 9.59 Å². The maximum Gasteiger partial charge on any atom is 0.255 e. The lowest BCUT2D eigenvalue weighted by Gasteiger charge is -2.35. The third kappa shape index (κ3) is 4.12. The van der Waals surface area contributed by atoms with Gasteiger partial charge >= 0.3 is 0 Å². The summed E-state index contributed by atoms with van der Waals surface area (Å²) in [5.74, 6) is 0.410. The van der Waals surface area contributed by atoms with Crippen molar-refractivity contribution in [2.75, 3.05) is 45.8 Å². The molecule has 154 valence electrons. The first-order valence-corrected chi connectivity index (χ1v) is 11.0. The summed E-state index contributed by atoms with van der Waals surface area (Å²) in [6.45, 7) is 9.49. The second-order valence-corrected chi connectivity index (χ2v) is 8.75. The molecule has 4 rings (SSSR count). The highest BCUT2D eigenvalue weighted by Crippen LogP contribution is 2.38. The number of hydrogen-bond acceptors (Lipinski definition) is 3. The largest absolute Gasteiger partial charge is 0.345 e. The van der Waals surface area contributed by atoms with Gasteiger partial charge in [-0.1, -0.05) is 12.8 Å². The fourth-order valence-corrected chi connectivity index (χ4v) is 4.78.